The van der Waals surface area contributed by atoms with E-state index in [9.17, 15) is 71.2 Å². The minimum Gasteiger partial charge on any atom is -0.396 e. The van der Waals surface area contributed by atoms with Gasteiger partial charge in [-0.1, -0.05) is 52.7 Å². The molecule has 0 radical (unpaired) electrons. The van der Waals surface area contributed by atoms with Gasteiger partial charge in [0.05, 0.1) is 44.7 Å². The number of hydrogen-bond donors (Lipinski definition) is 13. The molecular formula is C52H84O23. The maximum atomic E-state index is 13.0. The van der Waals surface area contributed by atoms with E-state index in [4.69, 9.17) is 42.6 Å². The van der Waals surface area contributed by atoms with Crippen LogP contribution in [0.25, 0.3) is 0 Å². The Balaban J connectivity index is 0.898. The lowest BCUT2D eigenvalue weighted by atomic mass is 9.42. The largest absolute Gasteiger partial charge is 0.396 e. The second-order valence-corrected chi connectivity index (χ2v) is 24.2. The van der Waals surface area contributed by atoms with Crippen molar-refractivity contribution in [3.05, 3.63) is 11.1 Å². The summed E-state index contributed by atoms with van der Waals surface area (Å²) in [7, 11) is 0. The van der Waals surface area contributed by atoms with Gasteiger partial charge in [0.15, 0.2) is 30.9 Å². The molecule has 29 atom stereocenters. The normalized spacial score (nSPS) is 55.1. The number of ether oxygens (including phenoxy) is 9. The number of aliphatic hydroxyl groups excluding tert-OH is 13. The summed E-state index contributed by atoms with van der Waals surface area (Å²) >= 11 is 0. The predicted molar refractivity (Wildman–Crippen MR) is 254 cm³/mol. The van der Waals surface area contributed by atoms with Gasteiger partial charge in [0.25, 0.3) is 0 Å². The van der Waals surface area contributed by atoms with Crippen molar-refractivity contribution in [2.24, 2.45) is 33.5 Å². The van der Waals surface area contributed by atoms with Crippen molar-refractivity contribution in [2.75, 3.05) is 26.4 Å². The molecular weight excluding hydrogens is 993 g/mol. The van der Waals surface area contributed by atoms with Crippen LogP contribution in [0.4, 0.5) is 0 Å². The quantitative estimate of drug-likeness (QED) is 0.0850. The molecule has 430 valence electrons. The molecule has 0 aromatic rings. The average molecular weight is 1080 g/mol. The van der Waals surface area contributed by atoms with Gasteiger partial charge in [0.2, 0.25) is 0 Å². The van der Waals surface area contributed by atoms with E-state index in [1.807, 2.05) is 13.8 Å². The number of rotatable bonds is 13. The summed E-state index contributed by atoms with van der Waals surface area (Å²) in [4.78, 5) is 13.0. The first-order valence-corrected chi connectivity index (χ1v) is 27.1. The third kappa shape index (κ3) is 9.15. The molecule has 4 aliphatic carbocycles. The van der Waals surface area contributed by atoms with Crippen LogP contribution in [0.15, 0.2) is 11.1 Å². The Bertz CT molecular complexity index is 2070. The first-order valence-electron chi connectivity index (χ1n) is 27.1. The van der Waals surface area contributed by atoms with Crippen LogP contribution in [0.5, 0.6) is 0 Å². The van der Waals surface area contributed by atoms with Crippen LogP contribution in [0, 0.1) is 33.5 Å². The number of hydrogen-bond acceptors (Lipinski definition) is 23. The highest BCUT2D eigenvalue weighted by Crippen LogP contribution is 2.75. The van der Waals surface area contributed by atoms with E-state index in [1.54, 1.807) is 0 Å². The highest BCUT2D eigenvalue weighted by atomic mass is 16.8. The smallest absolute Gasteiger partial charge is 0.187 e. The lowest BCUT2D eigenvalue weighted by Gasteiger charge is -2.63. The molecule has 0 aromatic carbocycles. The molecule has 0 aromatic heterocycles. The van der Waals surface area contributed by atoms with Gasteiger partial charge in [-0.3, -0.25) is 4.79 Å². The zero-order valence-corrected chi connectivity index (χ0v) is 43.9. The molecule has 1 spiro atoms. The molecule has 5 aliphatic heterocycles. The van der Waals surface area contributed by atoms with Crippen LogP contribution >= 0.6 is 0 Å². The lowest BCUT2D eigenvalue weighted by Crippen LogP contribution is -2.66. The standard InChI is InChI=1S/C52H84O23/c1-8-25(55)27-15-21(2)52(75-27)31(57)16-50(6)24-9-10-30-48(4,23(24)11-14-51(50,52)7)13-12-32(49(30,5)20-54)72-45-41(66)38(63)36(61)29(71-45)19-68-46-42(34(59)26(56)18-67-46)74-47-43(39(64)35(60)28(17-53)70-47)73-44-40(65)37(62)33(58)22(3)69-44/h21-22,26-47,53-54,56-66H,8-20H2,1-7H3/t21-,22+,26+,27-,28-,29-,30-,31+,32+,33+,34+,35-,36-,37-,38+,39+,40-,41-,42-,43-,44+,45+,46+,47+,48-,49-,50+,51+,52-/m1/s1. The van der Waals surface area contributed by atoms with E-state index in [0.717, 1.165) is 12.8 Å². The highest BCUT2D eigenvalue weighted by molar-refractivity contribution is 5.83. The third-order valence-corrected chi connectivity index (χ3v) is 20.4. The topological polar surface area (TPSA) is 363 Å². The molecule has 7 fully saturated rings. The summed E-state index contributed by atoms with van der Waals surface area (Å²) in [6.45, 7) is 11.8. The molecule has 0 amide bonds. The average Bonchev–Trinajstić information content (AvgIpc) is 3.99. The third-order valence-electron chi connectivity index (χ3n) is 20.4. The zero-order valence-electron chi connectivity index (χ0n) is 43.9. The molecule has 0 unspecified atom stereocenters. The molecule has 23 nitrogen and oxygen atoms in total. The lowest BCUT2D eigenvalue weighted by molar-refractivity contribution is -0.390. The Labute approximate surface area is 436 Å². The van der Waals surface area contributed by atoms with Crippen molar-refractivity contribution < 1.29 is 114 Å². The molecule has 5 saturated heterocycles. The number of allylic oxidation sites excluding steroid dienone is 2. The monoisotopic (exact) mass is 1080 g/mol. The SMILES string of the molecule is CCC(=O)[C@H]1C[C@@H](C)[C@@]2(O1)[C@@H](O)C[C@@]1(C)C3=C(CC[C@]21C)[C@@]1(C)CC[C@H](O[C@@H]2O[C@H](CO[C@@H]4OC[C@H](O)[C@H](O)[C@H]4O[C@@H]4O[C@H](CO)[C@@H](O)[C@H](O)[C@H]4O[C@@H]4O[C@@H](C)[C@H](O)[C@@H](O)[C@H]4O)[C@@H](O)[C@H](O)[C@H]2O)[C@](C)(CO)[C@@H]1CC3. The van der Waals surface area contributed by atoms with Gasteiger partial charge in [-0.15, -0.1) is 0 Å². The Morgan fingerprint density at radius 3 is 1.96 bits per heavy atom. The second-order valence-electron chi connectivity index (χ2n) is 24.2. The number of fused-ring (bicyclic) bond motifs is 5. The summed E-state index contributed by atoms with van der Waals surface area (Å²) in [6.07, 6.45) is -28.3. The molecule has 13 N–H and O–H groups in total. The summed E-state index contributed by atoms with van der Waals surface area (Å²) in [6, 6.07) is 0. The summed E-state index contributed by atoms with van der Waals surface area (Å²) in [5.41, 5.74) is -0.363. The first-order chi connectivity index (χ1) is 35.3. The van der Waals surface area contributed by atoms with Gasteiger partial charge in [0.1, 0.15) is 97.2 Å². The fourth-order valence-corrected chi connectivity index (χ4v) is 15.7. The first kappa shape index (κ1) is 58.2. The molecule has 9 rings (SSSR count). The van der Waals surface area contributed by atoms with Crippen molar-refractivity contribution in [3.63, 3.8) is 0 Å². The molecule has 75 heavy (non-hydrogen) atoms. The van der Waals surface area contributed by atoms with Crippen molar-refractivity contribution in [3.8, 4) is 0 Å². The highest BCUT2D eigenvalue weighted by Gasteiger charge is 2.75. The summed E-state index contributed by atoms with van der Waals surface area (Å²) < 4.78 is 54.5. The number of Topliss-reactive ketones (excluding diaryl/α,β-unsaturated/α-hetero) is 1. The van der Waals surface area contributed by atoms with Crippen LogP contribution < -0.4 is 0 Å². The number of carbonyl (C=O) groups is 1. The Hall–Kier alpha value is -1.47. The minimum absolute atomic E-state index is 0.0289. The Morgan fingerprint density at radius 2 is 1.29 bits per heavy atom. The Morgan fingerprint density at radius 1 is 0.667 bits per heavy atom. The molecule has 2 saturated carbocycles. The number of ketones is 1. The van der Waals surface area contributed by atoms with E-state index >= 15 is 0 Å². The zero-order chi connectivity index (χ0) is 54.6. The van der Waals surface area contributed by atoms with E-state index in [2.05, 4.69) is 27.7 Å². The van der Waals surface area contributed by atoms with Gasteiger partial charge in [-0.05, 0) is 81.0 Å². The van der Waals surface area contributed by atoms with Gasteiger partial charge in [0, 0.05) is 17.3 Å². The van der Waals surface area contributed by atoms with E-state index < -0.39 is 177 Å². The van der Waals surface area contributed by atoms with E-state index in [0.29, 0.717) is 44.9 Å². The molecule has 5 heterocycles. The van der Waals surface area contributed by atoms with Crippen LogP contribution in [0.2, 0.25) is 0 Å². The summed E-state index contributed by atoms with van der Waals surface area (Å²) in [5, 5.41) is 143. The van der Waals surface area contributed by atoms with Gasteiger partial charge >= 0.3 is 0 Å². The van der Waals surface area contributed by atoms with E-state index in [1.165, 1.54) is 18.1 Å². The second kappa shape index (κ2) is 21.5. The van der Waals surface area contributed by atoms with Crippen molar-refractivity contribution in [1.82, 2.24) is 0 Å². The maximum Gasteiger partial charge on any atom is 0.187 e. The molecule has 9 aliphatic rings. The van der Waals surface area contributed by atoms with Crippen molar-refractivity contribution in [2.45, 2.75) is 247 Å². The number of aliphatic hydroxyl groups is 13. The van der Waals surface area contributed by atoms with E-state index in [-0.39, 0.29) is 29.6 Å². The fourth-order valence-electron chi connectivity index (χ4n) is 15.7. The summed E-state index contributed by atoms with van der Waals surface area (Å²) in [5.74, 6) is -0.0814. The van der Waals surface area contributed by atoms with Crippen LogP contribution in [-0.4, -0.2) is 239 Å². The number of carbonyl (C=O) groups excluding carboxylic acids is 1. The fraction of sp³-hybridized carbons (Fsp3) is 0.942. The van der Waals surface area contributed by atoms with Crippen molar-refractivity contribution in [1.29, 1.82) is 0 Å². The predicted octanol–water partition coefficient (Wildman–Crippen LogP) is -2.47. The minimum atomic E-state index is -1.91. The van der Waals surface area contributed by atoms with Crippen LogP contribution in [-0.2, 0) is 47.4 Å². The van der Waals surface area contributed by atoms with Gasteiger partial charge in [-0.25, -0.2) is 0 Å². The van der Waals surface area contributed by atoms with Gasteiger partial charge < -0.3 is 109 Å². The molecule has 0 bridgehead atoms. The molecule has 23 heteroatoms. The van der Waals surface area contributed by atoms with Crippen LogP contribution in [0.1, 0.15) is 106 Å². The Kier molecular flexibility index (Phi) is 16.6. The van der Waals surface area contributed by atoms with Crippen molar-refractivity contribution >= 4 is 5.78 Å². The van der Waals surface area contributed by atoms with Gasteiger partial charge in [-0.2, -0.15) is 0 Å². The van der Waals surface area contributed by atoms with Crippen LogP contribution in [0.3, 0.4) is 0 Å². The maximum absolute atomic E-state index is 13.0.